The van der Waals surface area contributed by atoms with Crippen LogP contribution in [0.4, 0.5) is 4.79 Å². The summed E-state index contributed by atoms with van der Waals surface area (Å²) in [4.78, 5) is 21.5. The quantitative estimate of drug-likeness (QED) is 0.521. The molecule has 5 nitrogen and oxygen atoms in total. The van der Waals surface area contributed by atoms with Crippen LogP contribution in [0.5, 0.6) is 0 Å². The summed E-state index contributed by atoms with van der Waals surface area (Å²) in [5.41, 5.74) is 3.95. The molecule has 33 heavy (non-hydrogen) atoms. The fourth-order valence-electron chi connectivity index (χ4n) is 5.12. The van der Waals surface area contributed by atoms with Gasteiger partial charge in [-0.1, -0.05) is 48.2 Å². The lowest BCUT2D eigenvalue weighted by Crippen LogP contribution is -2.48. The average Bonchev–Trinajstić information content (AvgIpc) is 3.36. The summed E-state index contributed by atoms with van der Waals surface area (Å²) < 4.78 is 0. The number of hydrogen-bond acceptors (Lipinski definition) is 3. The van der Waals surface area contributed by atoms with Crippen molar-refractivity contribution in [2.45, 2.75) is 63.5 Å². The SMILES string of the molecule is CC(NC(=O)N(C)C1CCN(C)CC1)c1ccc(-c2cncc(C3CCCC3)c2)c(Cl)c1Cl. The molecular weight excluding hydrogens is 455 g/mol. The van der Waals surface area contributed by atoms with Gasteiger partial charge in [0.2, 0.25) is 0 Å². The number of amides is 2. The Morgan fingerprint density at radius 3 is 2.52 bits per heavy atom. The van der Waals surface area contributed by atoms with Crippen LogP contribution >= 0.6 is 23.2 Å². The highest BCUT2D eigenvalue weighted by atomic mass is 35.5. The molecule has 2 heterocycles. The van der Waals surface area contributed by atoms with Crippen LogP contribution in [0.1, 0.15) is 68.5 Å². The van der Waals surface area contributed by atoms with E-state index in [0.29, 0.717) is 16.0 Å². The molecule has 178 valence electrons. The predicted octanol–water partition coefficient (Wildman–Crippen LogP) is 6.51. The zero-order valence-corrected chi connectivity index (χ0v) is 21.3. The molecule has 1 atom stereocenters. The van der Waals surface area contributed by atoms with Crippen molar-refractivity contribution < 1.29 is 4.79 Å². The summed E-state index contributed by atoms with van der Waals surface area (Å²) in [5, 5.41) is 4.08. The van der Waals surface area contributed by atoms with Crippen molar-refractivity contribution in [3.8, 4) is 11.1 Å². The van der Waals surface area contributed by atoms with Gasteiger partial charge in [-0.05, 0) is 75.9 Å². The maximum Gasteiger partial charge on any atom is 0.317 e. The molecule has 4 rings (SSSR count). The molecule has 2 aromatic rings. The highest BCUT2D eigenvalue weighted by molar-refractivity contribution is 6.44. The van der Waals surface area contributed by atoms with Crippen LogP contribution in [0.2, 0.25) is 10.0 Å². The van der Waals surface area contributed by atoms with Gasteiger partial charge in [0.1, 0.15) is 0 Å². The van der Waals surface area contributed by atoms with E-state index >= 15 is 0 Å². The van der Waals surface area contributed by atoms with Gasteiger partial charge < -0.3 is 15.1 Å². The molecule has 1 saturated heterocycles. The third kappa shape index (κ3) is 5.47. The highest BCUT2D eigenvalue weighted by Crippen LogP contribution is 2.40. The van der Waals surface area contributed by atoms with Crippen LogP contribution in [0.15, 0.2) is 30.6 Å². The van der Waals surface area contributed by atoms with Crippen LogP contribution in [0.3, 0.4) is 0 Å². The number of nitrogens with zero attached hydrogens (tertiary/aromatic N) is 3. The molecule has 1 aliphatic heterocycles. The molecule has 0 bridgehead atoms. The first-order chi connectivity index (χ1) is 15.8. The Hall–Kier alpha value is -1.82. The minimum absolute atomic E-state index is 0.0817. The fourth-order valence-corrected chi connectivity index (χ4v) is 5.73. The van der Waals surface area contributed by atoms with Gasteiger partial charge in [-0.2, -0.15) is 0 Å². The summed E-state index contributed by atoms with van der Waals surface area (Å²) in [6.45, 7) is 3.97. The molecule has 1 N–H and O–H groups in total. The number of rotatable bonds is 5. The molecular formula is C26H34Cl2N4O. The minimum atomic E-state index is -0.256. The lowest BCUT2D eigenvalue weighted by molar-refractivity contribution is 0.146. The standard InChI is InChI=1S/C26H34Cl2N4O/c1-17(30-26(33)32(3)21-10-12-31(2)13-11-21)22-8-9-23(25(28)24(22)27)20-14-19(15-29-16-20)18-6-4-5-7-18/h8-9,14-18,21H,4-7,10-13H2,1-3H3,(H,30,33). The molecule has 1 aliphatic carbocycles. The molecule has 2 aliphatic rings. The van der Waals surface area contributed by atoms with Gasteiger partial charge in [0.05, 0.1) is 16.1 Å². The molecule has 1 unspecified atom stereocenters. The Balaban J connectivity index is 1.48. The minimum Gasteiger partial charge on any atom is -0.331 e. The molecule has 2 fully saturated rings. The third-order valence-electron chi connectivity index (χ3n) is 7.37. The Bertz CT molecular complexity index is 984. The van der Waals surface area contributed by atoms with Crippen molar-refractivity contribution in [3.05, 3.63) is 51.8 Å². The van der Waals surface area contributed by atoms with Gasteiger partial charge in [-0.3, -0.25) is 4.98 Å². The first kappa shape index (κ1) is 24.3. The van der Waals surface area contributed by atoms with E-state index in [1.807, 2.05) is 43.4 Å². The fraction of sp³-hybridized carbons (Fsp3) is 0.538. The molecule has 1 saturated carbocycles. The summed E-state index contributed by atoms with van der Waals surface area (Å²) >= 11 is 13.5. The zero-order valence-electron chi connectivity index (χ0n) is 19.8. The second-order valence-electron chi connectivity index (χ2n) is 9.64. The van der Waals surface area contributed by atoms with Gasteiger partial charge in [-0.25, -0.2) is 4.79 Å². The topological polar surface area (TPSA) is 48.5 Å². The smallest absolute Gasteiger partial charge is 0.317 e. The van der Waals surface area contributed by atoms with Crippen LogP contribution in [-0.2, 0) is 0 Å². The number of piperidine rings is 1. The van der Waals surface area contributed by atoms with Crippen molar-refractivity contribution >= 4 is 29.2 Å². The third-order valence-corrected chi connectivity index (χ3v) is 8.27. The van der Waals surface area contributed by atoms with E-state index in [0.717, 1.165) is 42.6 Å². The number of carbonyl (C=O) groups is 1. The first-order valence-electron chi connectivity index (χ1n) is 12.0. The number of urea groups is 1. The first-order valence-corrected chi connectivity index (χ1v) is 12.8. The molecule has 7 heteroatoms. The van der Waals surface area contributed by atoms with Crippen molar-refractivity contribution in [1.82, 2.24) is 20.1 Å². The Labute approximate surface area is 207 Å². The van der Waals surface area contributed by atoms with E-state index in [4.69, 9.17) is 23.2 Å². The van der Waals surface area contributed by atoms with E-state index < -0.39 is 0 Å². The summed E-state index contributed by atoms with van der Waals surface area (Å²) in [6, 6.07) is 6.07. The van der Waals surface area contributed by atoms with Crippen molar-refractivity contribution in [3.63, 3.8) is 0 Å². The second-order valence-corrected chi connectivity index (χ2v) is 10.4. The summed E-state index contributed by atoms with van der Waals surface area (Å²) in [6.07, 6.45) is 10.8. The second kappa shape index (κ2) is 10.6. The van der Waals surface area contributed by atoms with Crippen LogP contribution in [-0.4, -0.2) is 54.0 Å². The van der Waals surface area contributed by atoms with E-state index in [1.54, 1.807) is 0 Å². The van der Waals surface area contributed by atoms with E-state index in [1.165, 1.54) is 31.2 Å². The van der Waals surface area contributed by atoms with Crippen molar-refractivity contribution in [2.75, 3.05) is 27.2 Å². The number of benzene rings is 1. The summed E-state index contributed by atoms with van der Waals surface area (Å²) in [7, 11) is 3.99. The summed E-state index contributed by atoms with van der Waals surface area (Å²) in [5.74, 6) is 0.586. The highest BCUT2D eigenvalue weighted by Gasteiger charge is 2.26. The van der Waals surface area contributed by atoms with Crippen molar-refractivity contribution in [1.29, 1.82) is 0 Å². The lowest BCUT2D eigenvalue weighted by Gasteiger charge is -2.35. The number of hydrogen-bond donors (Lipinski definition) is 1. The van der Waals surface area contributed by atoms with Crippen molar-refractivity contribution in [2.24, 2.45) is 0 Å². The van der Waals surface area contributed by atoms with Gasteiger partial charge in [-0.15, -0.1) is 0 Å². The zero-order chi connectivity index (χ0) is 23.5. The van der Waals surface area contributed by atoms with Gasteiger partial charge >= 0.3 is 6.03 Å². The van der Waals surface area contributed by atoms with Gasteiger partial charge in [0.25, 0.3) is 0 Å². The lowest BCUT2D eigenvalue weighted by atomic mass is 9.95. The molecule has 1 aromatic carbocycles. The molecule has 0 radical (unpaired) electrons. The molecule has 1 aromatic heterocycles. The number of aromatic nitrogens is 1. The van der Waals surface area contributed by atoms with E-state index in [2.05, 4.69) is 28.3 Å². The monoisotopic (exact) mass is 488 g/mol. The van der Waals surface area contributed by atoms with E-state index in [9.17, 15) is 4.79 Å². The Morgan fingerprint density at radius 1 is 1.12 bits per heavy atom. The molecule has 2 amide bonds. The Morgan fingerprint density at radius 2 is 1.82 bits per heavy atom. The average molecular weight is 489 g/mol. The number of likely N-dealkylation sites (tertiary alicyclic amines) is 1. The number of halogens is 2. The number of pyridine rings is 1. The predicted molar refractivity (Wildman–Crippen MR) is 136 cm³/mol. The van der Waals surface area contributed by atoms with Crippen LogP contribution in [0, 0.1) is 0 Å². The van der Waals surface area contributed by atoms with Gasteiger partial charge in [0, 0.05) is 36.6 Å². The number of carbonyl (C=O) groups excluding carboxylic acids is 1. The largest absolute Gasteiger partial charge is 0.331 e. The van der Waals surface area contributed by atoms with E-state index in [-0.39, 0.29) is 18.1 Å². The van der Waals surface area contributed by atoms with Crippen LogP contribution < -0.4 is 5.32 Å². The Kier molecular flexibility index (Phi) is 7.83. The molecule has 0 spiro atoms. The van der Waals surface area contributed by atoms with Crippen LogP contribution in [0.25, 0.3) is 11.1 Å². The van der Waals surface area contributed by atoms with Gasteiger partial charge in [0.15, 0.2) is 0 Å². The normalized spacial score (nSPS) is 18.9. The maximum atomic E-state index is 12.9. The maximum absolute atomic E-state index is 12.9. The number of nitrogens with one attached hydrogen (secondary N) is 1.